The van der Waals surface area contributed by atoms with Gasteiger partial charge in [-0.1, -0.05) is 11.6 Å². The lowest BCUT2D eigenvalue weighted by molar-refractivity contribution is -0.116. The summed E-state index contributed by atoms with van der Waals surface area (Å²) in [5.74, 6) is 0.0871. The Bertz CT molecular complexity index is 696. The van der Waals surface area contributed by atoms with Crippen molar-refractivity contribution in [2.45, 2.75) is 45.6 Å². The van der Waals surface area contributed by atoms with Crippen LogP contribution < -0.4 is 4.90 Å². The van der Waals surface area contributed by atoms with Crippen LogP contribution in [0.2, 0.25) is 5.02 Å². The van der Waals surface area contributed by atoms with Gasteiger partial charge in [0.1, 0.15) is 5.60 Å². The average Bonchev–Trinajstić information content (AvgIpc) is 2.70. The fourth-order valence-corrected chi connectivity index (χ4v) is 3.78. The van der Waals surface area contributed by atoms with Gasteiger partial charge in [0.25, 0.3) is 0 Å². The molecule has 2 heterocycles. The van der Waals surface area contributed by atoms with E-state index in [-0.39, 0.29) is 17.9 Å². The zero-order chi connectivity index (χ0) is 17.6. The summed E-state index contributed by atoms with van der Waals surface area (Å²) < 4.78 is 5.52. The molecule has 2 aliphatic heterocycles. The van der Waals surface area contributed by atoms with E-state index in [1.54, 1.807) is 16.7 Å². The molecular weight excluding hydrogens is 328 g/mol. The lowest BCUT2D eigenvalue weighted by atomic mass is 9.95. The van der Waals surface area contributed by atoms with E-state index >= 15 is 0 Å². The first-order valence-corrected chi connectivity index (χ1v) is 8.62. The van der Waals surface area contributed by atoms with Crippen LogP contribution in [0.1, 0.15) is 44.7 Å². The van der Waals surface area contributed by atoms with E-state index in [1.165, 1.54) is 0 Å². The van der Waals surface area contributed by atoms with Crippen molar-refractivity contribution in [1.29, 1.82) is 0 Å². The van der Waals surface area contributed by atoms with Crippen LogP contribution >= 0.6 is 11.6 Å². The molecule has 0 spiro atoms. The SMILES string of the molecule is CC(=O)N1CC2CN(C(=O)OC(C)(C)C)CCc3c(Cl)ccc1c32. The van der Waals surface area contributed by atoms with Gasteiger partial charge in [-0.25, -0.2) is 4.79 Å². The molecule has 5 nitrogen and oxygen atoms in total. The van der Waals surface area contributed by atoms with Gasteiger partial charge < -0.3 is 14.5 Å². The van der Waals surface area contributed by atoms with Gasteiger partial charge in [-0.15, -0.1) is 0 Å². The molecule has 1 unspecified atom stereocenters. The monoisotopic (exact) mass is 350 g/mol. The molecule has 0 N–H and O–H groups in total. The van der Waals surface area contributed by atoms with E-state index in [1.807, 2.05) is 32.9 Å². The minimum Gasteiger partial charge on any atom is -0.444 e. The third-order valence-corrected chi connectivity index (χ3v) is 4.84. The molecule has 0 aromatic heterocycles. The van der Waals surface area contributed by atoms with Gasteiger partial charge in [0, 0.05) is 43.2 Å². The Labute approximate surface area is 147 Å². The molecule has 1 aromatic rings. The molecule has 0 aliphatic carbocycles. The second-order valence-electron chi connectivity index (χ2n) is 7.46. The first-order chi connectivity index (χ1) is 11.2. The highest BCUT2D eigenvalue weighted by Gasteiger charge is 2.38. The molecule has 2 amide bonds. The van der Waals surface area contributed by atoms with Crippen molar-refractivity contribution in [2.24, 2.45) is 0 Å². The maximum Gasteiger partial charge on any atom is 0.410 e. The maximum atomic E-state index is 12.5. The molecule has 0 bridgehead atoms. The minimum absolute atomic E-state index is 0.0106. The number of nitrogens with zero attached hydrogens (tertiary/aromatic N) is 2. The summed E-state index contributed by atoms with van der Waals surface area (Å²) in [6.45, 7) is 8.84. The van der Waals surface area contributed by atoms with Crippen LogP contribution in [-0.4, -0.2) is 42.1 Å². The molecule has 1 atom stereocenters. The maximum absolute atomic E-state index is 12.5. The van der Waals surface area contributed by atoms with Gasteiger partial charge >= 0.3 is 6.09 Å². The molecule has 2 aliphatic rings. The second kappa shape index (κ2) is 5.96. The fourth-order valence-electron chi connectivity index (χ4n) is 3.52. The number of halogens is 1. The van der Waals surface area contributed by atoms with Crippen LogP contribution in [0.3, 0.4) is 0 Å². The van der Waals surface area contributed by atoms with Gasteiger partial charge in [-0.05, 0) is 50.5 Å². The topological polar surface area (TPSA) is 49.9 Å². The summed E-state index contributed by atoms with van der Waals surface area (Å²) in [6.07, 6.45) is 0.359. The lowest BCUT2D eigenvalue weighted by Crippen LogP contribution is -2.40. The van der Waals surface area contributed by atoms with Crippen molar-refractivity contribution in [3.63, 3.8) is 0 Å². The first-order valence-electron chi connectivity index (χ1n) is 8.24. The number of hydrogen-bond acceptors (Lipinski definition) is 3. The summed E-state index contributed by atoms with van der Waals surface area (Å²) in [6, 6.07) is 3.75. The van der Waals surface area contributed by atoms with Gasteiger partial charge in [0.15, 0.2) is 0 Å². The Morgan fingerprint density at radius 3 is 2.58 bits per heavy atom. The van der Waals surface area contributed by atoms with E-state index in [0.717, 1.165) is 16.8 Å². The van der Waals surface area contributed by atoms with Gasteiger partial charge in [0.05, 0.1) is 0 Å². The normalized spacial score (nSPS) is 19.8. The average molecular weight is 351 g/mol. The summed E-state index contributed by atoms with van der Waals surface area (Å²) in [7, 11) is 0. The lowest BCUT2D eigenvalue weighted by Gasteiger charge is -2.28. The minimum atomic E-state index is -0.528. The zero-order valence-corrected chi connectivity index (χ0v) is 15.3. The molecule has 0 saturated heterocycles. The summed E-state index contributed by atoms with van der Waals surface area (Å²) in [5.41, 5.74) is 2.57. The van der Waals surface area contributed by atoms with Crippen molar-refractivity contribution in [2.75, 3.05) is 24.5 Å². The number of benzene rings is 1. The molecular formula is C18H23ClN2O3. The Morgan fingerprint density at radius 2 is 1.96 bits per heavy atom. The second-order valence-corrected chi connectivity index (χ2v) is 7.87. The molecule has 0 fully saturated rings. The van der Waals surface area contributed by atoms with E-state index in [0.29, 0.717) is 31.1 Å². The smallest absolute Gasteiger partial charge is 0.410 e. The van der Waals surface area contributed by atoms with Gasteiger partial charge in [-0.3, -0.25) is 4.79 Å². The largest absolute Gasteiger partial charge is 0.444 e. The predicted molar refractivity (Wildman–Crippen MR) is 93.7 cm³/mol. The van der Waals surface area contributed by atoms with Crippen LogP contribution in [0.15, 0.2) is 12.1 Å². The number of carbonyl (C=O) groups is 2. The van der Waals surface area contributed by atoms with Crippen molar-refractivity contribution >= 4 is 29.3 Å². The number of anilines is 1. The Balaban J connectivity index is 1.93. The quantitative estimate of drug-likeness (QED) is 0.718. The highest BCUT2D eigenvalue weighted by atomic mass is 35.5. The first kappa shape index (κ1) is 17.1. The molecule has 0 radical (unpaired) electrons. The standard InChI is InChI=1S/C18H23ClN2O3/c1-11(22)21-10-12-9-20(17(23)24-18(2,3)4)8-7-13-14(19)5-6-15(21)16(12)13/h5-6,12H,7-10H2,1-4H3. The molecule has 1 aromatic carbocycles. The third-order valence-electron chi connectivity index (χ3n) is 4.48. The summed E-state index contributed by atoms with van der Waals surface area (Å²) in [5, 5.41) is 0.704. The number of ether oxygens (including phenoxy) is 1. The Kier molecular flexibility index (Phi) is 4.24. The van der Waals surface area contributed by atoms with E-state index in [2.05, 4.69) is 0 Å². The zero-order valence-electron chi connectivity index (χ0n) is 14.6. The highest BCUT2D eigenvalue weighted by molar-refractivity contribution is 6.31. The highest BCUT2D eigenvalue weighted by Crippen LogP contribution is 2.43. The van der Waals surface area contributed by atoms with Crippen molar-refractivity contribution in [3.8, 4) is 0 Å². The van der Waals surface area contributed by atoms with Crippen LogP contribution in [0.4, 0.5) is 10.5 Å². The number of amides is 2. The predicted octanol–water partition coefficient (Wildman–Crippen LogP) is 3.58. The Hall–Kier alpha value is -1.75. The molecule has 24 heavy (non-hydrogen) atoms. The van der Waals surface area contributed by atoms with Crippen molar-refractivity contribution in [1.82, 2.24) is 4.90 Å². The van der Waals surface area contributed by atoms with Gasteiger partial charge in [-0.2, -0.15) is 0 Å². The van der Waals surface area contributed by atoms with E-state index in [9.17, 15) is 9.59 Å². The summed E-state index contributed by atoms with van der Waals surface area (Å²) >= 11 is 6.40. The van der Waals surface area contributed by atoms with E-state index in [4.69, 9.17) is 16.3 Å². The van der Waals surface area contributed by atoms with Gasteiger partial charge in [0.2, 0.25) is 5.91 Å². The van der Waals surface area contributed by atoms with Crippen LogP contribution in [0.5, 0.6) is 0 Å². The third kappa shape index (κ3) is 3.09. The molecule has 6 heteroatoms. The molecule has 3 rings (SSSR count). The van der Waals surface area contributed by atoms with E-state index < -0.39 is 5.60 Å². The van der Waals surface area contributed by atoms with Crippen molar-refractivity contribution in [3.05, 3.63) is 28.3 Å². The fraction of sp³-hybridized carbons (Fsp3) is 0.556. The number of rotatable bonds is 0. The molecule has 130 valence electrons. The van der Waals surface area contributed by atoms with Crippen LogP contribution in [0.25, 0.3) is 0 Å². The number of hydrogen-bond donors (Lipinski definition) is 0. The van der Waals surface area contributed by atoms with Crippen LogP contribution in [0, 0.1) is 0 Å². The number of carbonyl (C=O) groups excluding carboxylic acids is 2. The summed E-state index contributed by atoms with van der Waals surface area (Å²) in [4.78, 5) is 28.0. The Morgan fingerprint density at radius 1 is 1.25 bits per heavy atom. The molecule has 0 saturated carbocycles. The van der Waals surface area contributed by atoms with Crippen molar-refractivity contribution < 1.29 is 14.3 Å². The van der Waals surface area contributed by atoms with Crippen LogP contribution in [-0.2, 0) is 16.0 Å².